The normalized spacial score (nSPS) is 12.7. The predicted octanol–water partition coefficient (Wildman–Crippen LogP) is 7.09. The molecule has 5 heteroatoms. The number of carbonyl (C=O) groups excluding carboxylic acids is 2. The second-order valence-electron chi connectivity index (χ2n) is 9.16. The fourth-order valence-electron chi connectivity index (χ4n) is 3.18. The van der Waals surface area contributed by atoms with Gasteiger partial charge >= 0.3 is 12.1 Å². The first-order valence-electron chi connectivity index (χ1n) is 12.0. The van der Waals surface area contributed by atoms with E-state index in [0.717, 1.165) is 12.8 Å². The molecule has 0 radical (unpaired) electrons. The average Bonchev–Trinajstić information content (AvgIpc) is 2.64. The second kappa shape index (κ2) is 18.3. The van der Waals surface area contributed by atoms with Crippen LogP contribution in [0.15, 0.2) is 12.2 Å². The smallest absolute Gasteiger partial charge is 0.408 e. The molecule has 0 bridgehead atoms. The predicted molar refractivity (Wildman–Crippen MR) is 125 cm³/mol. The molecule has 0 aromatic rings. The third kappa shape index (κ3) is 21.2. The van der Waals surface area contributed by atoms with E-state index in [4.69, 9.17) is 9.47 Å². The number of allylic oxidation sites excluding steroid dienone is 1. The Bertz CT molecular complexity index is 468. The molecule has 0 aliphatic carbocycles. The lowest BCUT2D eigenvalue weighted by molar-refractivity contribution is -0.141. The molecule has 1 amide bonds. The summed E-state index contributed by atoms with van der Waals surface area (Å²) < 4.78 is 10.3. The van der Waals surface area contributed by atoms with Gasteiger partial charge < -0.3 is 14.8 Å². The Balaban J connectivity index is 3.88. The number of alkyl carbamates (subject to hydrolysis) is 1. The quantitative estimate of drug-likeness (QED) is 0.153. The SMILES string of the molecule is CCCCCCCCCCCCCC/C=C/[C@H](COC(C)=O)NC(=O)OC(C)(C)C. The summed E-state index contributed by atoms with van der Waals surface area (Å²) in [5.74, 6) is -0.361. The standard InChI is InChI=1S/C25H47NO4/c1-6-7-8-9-10-11-12-13-14-15-16-17-18-19-20-23(21-29-22(2)27)26-24(28)30-25(3,4)5/h19-20,23H,6-18,21H2,1-5H3,(H,26,28)/b20-19+/t23-/m1/s1. The van der Waals surface area contributed by atoms with Gasteiger partial charge in [-0.15, -0.1) is 0 Å². The van der Waals surface area contributed by atoms with Crippen molar-refractivity contribution in [3.63, 3.8) is 0 Å². The van der Waals surface area contributed by atoms with Gasteiger partial charge in [-0.25, -0.2) is 4.79 Å². The van der Waals surface area contributed by atoms with Crippen molar-refractivity contribution in [2.24, 2.45) is 0 Å². The lowest BCUT2D eigenvalue weighted by Gasteiger charge is -2.22. The fourth-order valence-corrected chi connectivity index (χ4v) is 3.18. The monoisotopic (exact) mass is 425 g/mol. The Hall–Kier alpha value is -1.52. The minimum atomic E-state index is -0.561. The number of esters is 1. The van der Waals surface area contributed by atoms with Gasteiger partial charge in [0.25, 0.3) is 0 Å². The molecule has 0 aliphatic heterocycles. The lowest BCUT2D eigenvalue weighted by Crippen LogP contribution is -2.40. The maximum Gasteiger partial charge on any atom is 0.408 e. The number of amides is 1. The minimum Gasteiger partial charge on any atom is -0.463 e. The first kappa shape index (κ1) is 28.5. The van der Waals surface area contributed by atoms with Crippen molar-refractivity contribution in [1.82, 2.24) is 5.32 Å². The molecule has 1 N–H and O–H groups in total. The summed E-state index contributed by atoms with van der Waals surface area (Å²) in [5, 5.41) is 2.75. The molecule has 5 nitrogen and oxygen atoms in total. The van der Waals surface area contributed by atoms with Crippen LogP contribution in [0, 0.1) is 0 Å². The topological polar surface area (TPSA) is 64.6 Å². The van der Waals surface area contributed by atoms with Crippen LogP contribution in [0.2, 0.25) is 0 Å². The summed E-state index contributed by atoms with van der Waals surface area (Å²) in [7, 11) is 0. The molecule has 0 saturated heterocycles. The van der Waals surface area contributed by atoms with Gasteiger partial charge in [0.1, 0.15) is 12.2 Å². The highest BCUT2D eigenvalue weighted by molar-refractivity contribution is 5.69. The Labute approximate surface area is 185 Å². The van der Waals surface area contributed by atoms with Gasteiger partial charge in [0.15, 0.2) is 0 Å². The number of unbranched alkanes of at least 4 members (excludes halogenated alkanes) is 12. The van der Waals surface area contributed by atoms with Gasteiger partial charge in [0.2, 0.25) is 0 Å². The highest BCUT2D eigenvalue weighted by Crippen LogP contribution is 2.13. The van der Waals surface area contributed by atoms with Gasteiger partial charge in [-0.05, 0) is 33.6 Å². The van der Waals surface area contributed by atoms with E-state index in [1.165, 1.54) is 77.6 Å². The van der Waals surface area contributed by atoms with Crippen molar-refractivity contribution >= 4 is 12.1 Å². The van der Waals surface area contributed by atoms with Crippen molar-refractivity contribution in [3.05, 3.63) is 12.2 Å². The molecule has 176 valence electrons. The van der Waals surface area contributed by atoms with E-state index in [9.17, 15) is 9.59 Å². The molecule has 0 spiro atoms. The van der Waals surface area contributed by atoms with Crippen LogP contribution >= 0.6 is 0 Å². The molecule has 0 aromatic heterocycles. The Morgan fingerprint density at radius 3 is 1.83 bits per heavy atom. The molecule has 0 rings (SSSR count). The Morgan fingerprint density at radius 1 is 0.867 bits per heavy atom. The van der Waals surface area contributed by atoms with Crippen molar-refractivity contribution in [1.29, 1.82) is 0 Å². The molecule has 1 atom stereocenters. The molecule has 0 fully saturated rings. The molecule has 0 aliphatic rings. The van der Waals surface area contributed by atoms with Crippen molar-refractivity contribution in [2.75, 3.05) is 6.61 Å². The molecule has 0 saturated carbocycles. The number of carbonyl (C=O) groups is 2. The highest BCUT2D eigenvalue weighted by atomic mass is 16.6. The summed E-state index contributed by atoms with van der Waals surface area (Å²) >= 11 is 0. The van der Waals surface area contributed by atoms with E-state index < -0.39 is 11.7 Å². The number of rotatable bonds is 17. The Morgan fingerprint density at radius 2 is 1.37 bits per heavy atom. The van der Waals surface area contributed by atoms with Crippen LogP contribution in [0.3, 0.4) is 0 Å². The highest BCUT2D eigenvalue weighted by Gasteiger charge is 2.18. The average molecular weight is 426 g/mol. The van der Waals surface area contributed by atoms with E-state index in [2.05, 4.69) is 18.3 Å². The zero-order chi connectivity index (χ0) is 22.7. The molecule has 0 heterocycles. The van der Waals surface area contributed by atoms with E-state index in [1.807, 2.05) is 26.8 Å². The molecule has 0 unspecified atom stereocenters. The molecular weight excluding hydrogens is 378 g/mol. The van der Waals surface area contributed by atoms with Crippen LogP contribution in [0.4, 0.5) is 4.79 Å². The minimum absolute atomic E-state index is 0.115. The summed E-state index contributed by atoms with van der Waals surface area (Å²) in [5.41, 5.74) is -0.561. The van der Waals surface area contributed by atoms with E-state index in [0.29, 0.717) is 0 Å². The van der Waals surface area contributed by atoms with E-state index in [1.54, 1.807) is 0 Å². The van der Waals surface area contributed by atoms with Crippen LogP contribution in [0.1, 0.15) is 118 Å². The van der Waals surface area contributed by atoms with E-state index >= 15 is 0 Å². The fraction of sp³-hybridized carbons (Fsp3) is 0.840. The zero-order valence-corrected chi connectivity index (χ0v) is 20.3. The van der Waals surface area contributed by atoms with Gasteiger partial charge in [-0.2, -0.15) is 0 Å². The summed E-state index contributed by atoms with van der Waals surface area (Å²) in [6.45, 7) is 9.19. The summed E-state index contributed by atoms with van der Waals surface area (Å²) in [6.07, 6.45) is 20.4. The Kier molecular flexibility index (Phi) is 17.3. The summed E-state index contributed by atoms with van der Waals surface area (Å²) in [4.78, 5) is 23.0. The third-order valence-corrected chi connectivity index (χ3v) is 4.76. The lowest BCUT2D eigenvalue weighted by atomic mass is 10.0. The number of ether oxygens (including phenoxy) is 2. The number of hydrogen-bond acceptors (Lipinski definition) is 4. The number of nitrogens with one attached hydrogen (secondary N) is 1. The van der Waals surface area contributed by atoms with Crippen LogP contribution < -0.4 is 5.32 Å². The van der Waals surface area contributed by atoms with Gasteiger partial charge in [-0.1, -0.05) is 89.7 Å². The molecule has 30 heavy (non-hydrogen) atoms. The largest absolute Gasteiger partial charge is 0.463 e. The van der Waals surface area contributed by atoms with Crippen molar-refractivity contribution in [2.45, 2.75) is 130 Å². The van der Waals surface area contributed by atoms with Gasteiger partial charge in [0, 0.05) is 6.92 Å². The van der Waals surface area contributed by atoms with Crippen molar-refractivity contribution in [3.8, 4) is 0 Å². The van der Waals surface area contributed by atoms with Crippen LogP contribution in [-0.4, -0.2) is 30.3 Å². The second-order valence-corrected chi connectivity index (χ2v) is 9.16. The number of hydrogen-bond donors (Lipinski definition) is 1. The zero-order valence-electron chi connectivity index (χ0n) is 20.3. The van der Waals surface area contributed by atoms with Crippen LogP contribution in [0.25, 0.3) is 0 Å². The van der Waals surface area contributed by atoms with E-state index in [-0.39, 0.29) is 18.6 Å². The first-order valence-corrected chi connectivity index (χ1v) is 12.0. The molecular formula is C25H47NO4. The summed E-state index contributed by atoms with van der Waals surface area (Å²) in [6, 6.07) is -0.374. The van der Waals surface area contributed by atoms with Gasteiger partial charge in [0.05, 0.1) is 6.04 Å². The first-order chi connectivity index (χ1) is 14.2. The van der Waals surface area contributed by atoms with Crippen LogP contribution in [0.5, 0.6) is 0 Å². The maximum atomic E-state index is 12.0. The van der Waals surface area contributed by atoms with Crippen LogP contribution in [-0.2, 0) is 14.3 Å². The van der Waals surface area contributed by atoms with Crippen molar-refractivity contribution < 1.29 is 19.1 Å². The van der Waals surface area contributed by atoms with Gasteiger partial charge in [-0.3, -0.25) is 4.79 Å². The third-order valence-electron chi connectivity index (χ3n) is 4.76. The molecule has 0 aromatic carbocycles. The maximum absolute atomic E-state index is 12.0.